The van der Waals surface area contributed by atoms with Crippen LogP contribution in [0.25, 0.3) is 11.4 Å². The van der Waals surface area contributed by atoms with E-state index >= 15 is 0 Å². The molecule has 0 aliphatic rings. The van der Waals surface area contributed by atoms with Gasteiger partial charge in [0.25, 0.3) is 0 Å². The zero-order valence-corrected chi connectivity index (χ0v) is 15.1. The van der Waals surface area contributed by atoms with Gasteiger partial charge in [0.05, 0.1) is 0 Å². The van der Waals surface area contributed by atoms with E-state index in [4.69, 9.17) is 4.52 Å². The summed E-state index contributed by atoms with van der Waals surface area (Å²) in [6, 6.07) is 9.07. The van der Waals surface area contributed by atoms with Gasteiger partial charge in [-0.2, -0.15) is 4.98 Å². The van der Waals surface area contributed by atoms with Crippen molar-refractivity contribution in [2.75, 3.05) is 20.6 Å². The van der Waals surface area contributed by atoms with E-state index in [-0.39, 0.29) is 11.7 Å². The molecule has 140 valence electrons. The molecule has 27 heavy (non-hydrogen) atoms. The number of carbonyl (C=O) groups excluding carboxylic acids is 1. The predicted molar refractivity (Wildman–Crippen MR) is 97.1 cm³/mol. The topological polar surface area (TPSA) is 84.2 Å². The van der Waals surface area contributed by atoms with Crippen molar-refractivity contribution in [3.05, 3.63) is 66.1 Å². The second kappa shape index (κ2) is 8.50. The molecule has 0 spiro atoms. The smallest absolute Gasteiger partial charge is 0.241 e. The molecule has 8 heteroatoms. The Bertz CT molecular complexity index is 898. The van der Waals surface area contributed by atoms with Crippen molar-refractivity contribution in [1.29, 1.82) is 0 Å². The number of amides is 1. The Morgan fingerprint density at radius 1 is 1.30 bits per heavy atom. The first-order valence-electron chi connectivity index (χ1n) is 8.47. The molecular weight excluding hydrogens is 349 g/mol. The Morgan fingerprint density at radius 3 is 2.85 bits per heavy atom. The first-order chi connectivity index (χ1) is 13.0. The van der Waals surface area contributed by atoms with Gasteiger partial charge in [-0.3, -0.25) is 14.7 Å². The van der Waals surface area contributed by atoms with Crippen LogP contribution in [-0.2, 0) is 11.2 Å². The summed E-state index contributed by atoms with van der Waals surface area (Å²) in [5, 5.41) is 6.75. The molecular formula is C19H20FN5O2. The van der Waals surface area contributed by atoms with Crippen molar-refractivity contribution >= 4 is 5.91 Å². The number of nitrogens with zero attached hydrogens (tertiary/aromatic N) is 4. The summed E-state index contributed by atoms with van der Waals surface area (Å²) < 4.78 is 18.7. The van der Waals surface area contributed by atoms with Crippen LogP contribution in [-0.4, -0.2) is 46.6 Å². The van der Waals surface area contributed by atoms with Crippen LogP contribution in [0.15, 0.2) is 53.3 Å². The van der Waals surface area contributed by atoms with Crippen molar-refractivity contribution in [2.45, 2.75) is 12.5 Å². The summed E-state index contributed by atoms with van der Waals surface area (Å²) in [6.07, 6.45) is 3.71. The largest absolute Gasteiger partial charge is 0.354 e. The van der Waals surface area contributed by atoms with Gasteiger partial charge in [0.1, 0.15) is 11.9 Å². The lowest BCUT2D eigenvalue weighted by molar-refractivity contribution is -0.125. The molecule has 1 N–H and O–H groups in total. The van der Waals surface area contributed by atoms with Crippen molar-refractivity contribution in [3.8, 4) is 11.4 Å². The maximum absolute atomic E-state index is 13.5. The maximum atomic E-state index is 13.5. The standard InChI is InChI=1S/C19H20FN5O2/c1-25(2)17(13-5-3-7-15(20)11-13)19(26)22-10-8-16-23-18(24-27-16)14-6-4-9-21-12-14/h3-7,9,11-12,17H,8,10H2,1-2H3,(H,22,26). The molecule has 2 aromatic heterocycles. The lowest BCUT2D eigenvalue weighted by Crippen LogP contribution is -2.38. The van der Waals surface area contributed by atoms with Gasteiger partial charge in [-0.1, -0.05) is 17.3 Å². The molecule has 1 aromatic carbocycles. The number of hydrogen-bond acceptors (Lipinski definition) is 6. The molecule has 0 saturated carbocycles. The van der Waals surface area contributed by atoms with Gasteiger partial charge in [-0.15, -0.1) is 0 Å². The Labute approximate surface area is 156 Å². The van der Waals surface area contributed by atoms with Crippen LogP contribution >= 0.6 is 0 Å². The highest BCUT2D eigenvalue weighted by molar-refractivity contribution is 5.83. The minimum Gasteiger partial charge on any atom is -0.354 e. The quantitative estimate of drug-likeness (QED) is 0.688. The average molecular weight is 369 g/mol. The van der Waals surface area contributed by atoms with Crippen molar-refractivity contribution in [1.82, 2.24) is 25.3 Å². The summed E-state index contributed by atoms with van der Waals surface area (Å²) in [6.45, 7) is 0.327. The highest BCUT2D eigenvalue weighted by Crippen LogP contribution is 2.19. The van der Waals surface area contributed by atoms with Crippen LogP contribution in [0.2, 0.25) is 0 Å². The SMILES string of the molecule is CN(C)C(C(=O)NCCc1nc(-c2cccnc2)no1)c1cccc(F)c1. The summed E-state index contributed by atoms with van der Waals surface area (Å²) in [4.78, 5) is 22.6. The monoisotopic (exact) mass is 369 g/mol. The molecule has 0 aliphatic carbocycles. The molecule has 7 nitrogen and oxygen atoms in total. The highest BCUT2D eigenvalue weighted by Gasteiger charge is 2.23. The third kappa shape index (κ3) is 4.73. The fourth-order valence-corrected chi connectivity index (χ4v) is 2.72. The van der Waals surface area contributed by atoms with Gasteiger partial charge in [0.2, 0.25) is 17.6 Å². The van der Waals surface area contributed by atoms with Crippen LogP contribution in [0.5, 0.6) is 0 Å². The molecule has 2 heterocycles. The van der Waals surface area contributed by atoms with Crippen molar-refractivity contribution in [2.24, 2.45) is 0 Å². The summed E-state index contributed by atoms with van der Waals surface area (Å²) in [7, 11) is 3.54. The van der Waals surface area contributed by atoms with E-state index in [0.717, 1.165) is 5.56 Å². The normalized spacial score (nSPS) is 12.1. The van der Waals surface area contributed by atoms with E-state index in [1.54, 1.807) is 49.6 Å². The van der Waals surface area contributed by atoms with Crippen molar-refractivity contribution < 1.29 is 13.7 Å². The first kappa shape index (κ1) is 18.7. The number of benzene rings is 1. The number of pyridine rings is 1. The number of likely N-dealkylation sites (N-methyl/N-ethyl adjacent to an activating group) is 1. The van der Waals surface area contributed by atoms with E-state index in [1.807, 2.05) is 6.07 Å². The van der Waals surface area contributed by atoms with Gasteiger partial charge in [0, 0.05) is 30.9 Å². The molecule has 3 rings (SSSR count). The minimum absolute atomic E-state index is 0.224. The molecule has 0 aliphatic heterocycles. The number of aromatic nitrogens is 3. The Morgan fingerprint density at radius 2 is 2.15 bits per heavy atom. The lowest BCUT2D eigenvalue weighted by atomic mass is 10.1. The van der Waals surface area contributed by atoms with Gasteiger partial charge in [0.15, 0.2) is 0 Å². The summed E-state index contributed by atoms with van der Waals surface area (Å²) in [5.74, 6) is 0.273. The molecule has 1 atom stereocenters. The zero-order chi connectivity index (χ0) is 19.2. The molecule has 0 fully saturated rings. The van der Waals surface area contributed by atoms with Gasteiger partial charge in [-0.25, -0.2) is 4.39 Å². The van der Waals surface area contributed by atoms with Crippen molar-refractivity contribution in [3.63, 3.8) is 0 Å². The number of nitrogens with one attached hydrogen (secondary N) is 1. The van der Waals surface area contributed by atoms with E-state index in [0.29, 0.717) is 30.2 Å². The van der Waals surface area contributed by atoms with Crippen LogP contribution in [0, 0.1) is 5.82 Å². The zero-order valence-electron chi connectivity index (χ0n) is 15.1. The van der Waals surface area contributed by atoms with Crippen LogP contribution in [0.4, 0.5) is 4.39 Å². The second-order valence-corrected chi connectivity index (χ2v) is 6.22. The molecule has 0 saturated heterocycles. The Balaban J connectivity index is 1.59. The number of carbonyl (C=O) groups is 1. The van der Waals surface area contributed by atoms with E-state index in [1.165, 1.54) is 12.1 Å². The average Bonchev–Trinajstić information content (AvgIpc) is 3.11. The van der Waals surface area contributed by atoms with Gasteiger partial charge < -0.3 is 9.84 Å². The van der Waals surface area contributed by atoms with E-state index in [2.05, 4.69) is 20.4 Å². The fraction of sp³-hybridized carbons (Fsp3) is 0.263. The maximum Gasteiger partial charge on any atom is 0.241 e. The molecule has 0 radical (unpaired) electrons. The third-order valence-electron chi connectivity index (χ3n) is 3.96. The molecule has 1 amide bonds. The second-order valence-electron chi connectivity index (χ2n) is 6.22. The van der Waals surface area contributed by atoms with Gasteiger partial charge >= 0.3 is 0 Å². The lowest BCUT2D eigenvalue weighted by Gasteiger charge is -2.23. The molecule has 0 bridgehead atoms. The third-order valence-corrected chi connectivity index (χ3v) is 3.96. The van der Waals surface area contributed by atoms with E-state index < -0.39 is 6.04 Å². The minimum atomic E-state index is -0.589. The summed E-state index contributed by atoms with van der Waals surface area (Å²) in [5.41, 5.74) is 1.35. The first-order valence-corrected chi connectivity index (χ1v) is 8.47. The Hall–Kier alpha value is -3.13. The number of rotatable bonds is 7. The van der Waals surface area contributed by atoms with E-state index in [9.17, 15) is 9.18 Å². The van der Waals surface area contributed by atoms with Crippen LogP contribution in [0.1, 0.15) is 17.5 Å². The molecule has 3 aromatic rings. The summed E-state index contributed by atoms with van der Waals surface area (Å²) >= 11 is 0. The van der Waals surface area contributed by atoms with Crippen LogP contribution in [0.3, 0.4) is 0 Å². The van der Waals surface area contributed by atoms with Gasteiger partial charge in [-0.05, 0) is 43.9 Å². The number of halogens is 1. The Kier molecular flexibility index (Phi) is 5.87. The molecule has 1 unspecified atom stereocenters. The van der Waals surface area contributed by atoms with Crippen LogP contribution < -0.4 is 5.32 Å². The fourth-order valence-electron chi connectivity index (χ4n) is 2.72. The number of hydrogen-bond donors (Lipinski definition) is 1. The predicted octanol–water partition coefficient (Wildman–Crippen LogP) is 2.23. The highest BCUT2D eigenvalue weighted by atomic mass is 19.1.